The molecule has 305 valence electrons. The van der Waals surface area contributed by atoms with Crippen LogP contribution in [0, 0.1) is 13.8 Å². The first-order valence-corrected chi connectivity index (χ1v) is 18.7. The smallest absolute Gasteiger partial charge is 0.337 e. The van der Waals surface area contributed by atoms with Crippen LogP contribution in [0.25, 0.3) is 33.9 Å². The Kier molecular flexibility index (Phi) is 13.5. The molecule has 0 aliphatic rings. The molecule has 13 heteroatoms. The van der Waals surface area contributed by atoms with Crippen LogP contribution in [0.1, 0.15) is 43.0 Å². The Hall–Kier alpha value is -7.87. The van der Waals surface area contributed by atoms with Crippen molar-refractivity contribution < 1.29 is 46.8 Å². The first kappa shape index (κ1) is 42.7. The topological polar surface area (TPSA) is 175 Å². The zero-order valence-electron chi connectivity index (χ0n) is 32.8. The molecule has 8 aromatic rings. The van der Waals surface area contributed by atoms with E-state index in [9.17, 15) is 30.0 Å². The molecule has 1 radical (unpaired) electrons. The van der Waals surface area contributed by atoms with E-state index in [1.54, 1.807) is 36.4 Å². The second kappa shape index (κ2) is 19.3. The van der Waals surface area contributed by atoms with Crippen LogP contribution in [0.4, 0.5) is 11.4 Å². The van der Waals surface area contributed by atoms with Gasteiger partial charge in [0, 0.05) is 40.3 Å². The first-order valence-electron chi connectivity index (χ1n) is 18.7. The van der Waals surface area contributed by atoms with Gasteiger partial charge in [-0.3, -0.25) is 9.98 Å². The molecule has 0 spiro atoms. The summed E-state index contributed by atoms with van der Waals surface area (Å²) in [6.07, 6.45) is 2.91. The van der Waals surface area contributed by atoms with Gasteiger partial charge in [-0.05, 0) is 62.4 Å². The maximum Gasteiger partial charge on any atom is 0.337 e. The van der Waals surface area contributed by atoms with Crippen molar-refractivity contribution in [1.29, 1.82) is 0 Å². The molecule has 61 heavy (non-hydrogen) atoms. The molecule has 4 N–H and O–H groups in total. The van der Waals surface area contributed by atoms with E-state index in [0.717, 1.165) is 22.3 Å². The number of carbonyl (C=O) groups is 2. The molecule has 8 rings (SSSR count). The van der Waals surface area contributed by atoms with E-state index in [4.69, 9.17) is 0 Å². The number of aliphatic imine (C=N–C) groups is 2. The van der Waals surface area contributed by atoms with Crippen molar-refractivity contribution in [2.45, 2.75) is 13.8 Å². The molecular weight excluding hydrogens is 815 g/mol. The number of hydrogen-bond donors (Lipinski definition) is 4. The van der Waals surface area contributed by atoms with E-state index >= 15 is 0 Å². The van der Waals surface area contributed by atoms with Crippen molar-refractivity contribution >= 4 is 35.7 Å². The van der Waals surface area contributed by atoms with Crippen molar-refractivity contribution in [1.82, 2.24) is 19.6 Å². The Morgan fingerprint density at radius 2 is 0.820 bits per heavy atom. The van der Waals surface area contributed by atoms with E-state index in [2.05, 4.69) is 20.2 Å². The van der Waals surface area contributed by atoms with Crippen LogP contribution in [0.3, 0.4) is 0 Å². The molecule has 2 aromatic heterocycles. The van der Waals surface area contributed by atoms with Gasteiger partial charge in [0.05, 0.1) is 45.0 Å². The third kappa shape index (κ3) is 9.71. The van der Waals surface area contributed by atoms with Gasteiger partial charge in [-0.2, -0.15) is 10.2 Å². The van der Waals surface area contributed by atoms with Crippen molar-refractivity contribution in [3.05, 3.63) is 191 Å². The molecular formula is C48H38CoN6O6. The Labute approximate surface area is 361 Å². The molecule has 0 fully saturated rings. The number of carboxylic acids is 2. The van der Waals surface area contributed by atoms with Crippen LogP contribution in [0.15, 0.2) is 168 Å². The van der Waals surface area contributed by atoms with Gasteiger partial charge < -0.3 is 20.4 Å². The number of aromatic nitrogens is 4. The summed E-state index contributed by atoms with van der Waals surface area (Å²) in [6.45, 7) is 3.97. The summed E-state index contributed by atoms with van der Waals surface area (Å²) < 4.78 is 2.90. The molecule has 0 saturated carbocycles. The Balaban J connectivity index is 0.000000201. The molecule has 0 bridgehead atoms. The van der Waals surface area contributed by atoms with E-state index in [1.807, 2.05) is 123 Å². The van der Waals surface area contributed by atoms with Crippen LogP contribution < -0.4 is 0 Å². The molecule has 0 saturated heterocycles. The zero-order chi connectivity index (χ0) is 42.2. The maximum atomic E-state index is 11.5. The number of nitrogens with zero attached hydrogens (tertiary/aromatic N) is 6. The quantitative estimate of drug-likeness (QED) is 0.0983. The van der Waals surface area contributed by atoms with Gasteiger partial charge in [0.25, 0.3) is 0 Å². The van der Waals surface area contributed by atoms with Crippen LogP contribution in [0.2, 0.25) is 0 Å². The largest absolute Gasteiger partial charge is 0.493 e. The van der Waals surface area contributed by atoms with Gasteiger partial charge >= 0.3 is 11.9 Å². The fourth-order valence-corrected chi connectivity index (χ4v) is 6.23. The molecule has 0 unspecified atom stereocenters. The molecule has 0 aliphatic heterocycles. The van der Waals surface area contributed by atoms with Crippen LogP contribution in [-0.2, 0) is 16.8 Å². The number of benzene rings is 6. The average molecular weight is 854 g/mol. The van der Waals surface area contributed by atoms with E-state index < -0.39 is 11.9 Å². The number of carboxylic acid groups (broad SMARTS) is 2. The standard InChI is InChI=1S/2C24H19N3O3.Co/c2*1-16-11-13-18(14-12-16)27-23(28)20(22(26-27)17-7-3-2-4-8-17)15-25-21-10-6-5-9-19(21)24(29)30;/h2*2-15,28H,1H3,(H,29,30);. The fourth-order valence-electron chi connectivity index (χ4n) is 6.23. The number of aromatic carboxylic acids is 2. The monoisotopic (exact) mass is 853 g/mol. The third-order valence-corrected chi connectivity index (χ3v) is 9.38. The molecule has 6 aromatic carbocycles. The van der Waals surface area contributed by atoms with E-state index in [-0.39, 0.29) is 39.7 Å². The SMILES string of the molecule is Cc1ccc(-n2nc(-c3ccccc3)c(C=Nc3ccccc3C(=O)O)c2O)cc1.Cc1ccc(-n2nc(-c3ccccc3)c(C=Nc3ccccc3C(=O)O)c2O)cc1.[Co]. The minimum atomic E-state index is -1.06. The zero-order valence-corrected chi connectivity index (χ0v) is 33.8. The van der Waals surface area contributed by atoms with Crippen molar-refractivity contribution in [3.63, 3.8) is 0 Å². The summed E-state index contributed by atoms with van der Waals surface area (Å²) in [5, 5.41) is 49.9. The number of aryl methyl sites for hydroxylation is 2. The second-order valence-electron chi connectivity index (χ2n) is 13.6. The molecule has 0 amide bonds. The molecule has 0 atom stereocenters. The Morgan fingerprint density at radius 1 is 0.492 bits per heavy atom. The number of rotatable bonds is 10. The summed E-state index contributed by atoms with van der Waals surface area (Å²) in [6, 6.07) is 47.1. The van der Waals surface area contributed by atoms with E-state index in [0.29, 0.717) is 45.3 Å². The fraction of sp³-hybridized carbons (Fsp3) is 0.0417. The summed E-state index contributed by atoms with van der Waals surface area (Å²) in [4.78, 5) is 31.6. The summed E-state index contributed by atoms with van der Waals surface area (Å²) in [5.41, 5.74) is 7.90. The number of aromatic hydroxyl groups is 2. The van der Waals surface area contributed by atoms with Crippen molar-refractivity contribution in [3.8, 4) is 45.6 Å². The normalized spacial score (nSPS) is 10.9. The van der Waals surface area contributed by atoms with Gasteiger partial charge in [-0.1, -0.05) is 120 Å². The Morgan fingerprint density at radius 3 is 1.16 bits per heavy atom. The molecule has 0 aliphatic carbocycles. The minimum absolute atomic E-state index is 0. The maximum absolute atomic E-state index is 11.5. The number of para-hydroxylation sites is 2. The van der Waals surface area contributed by atoms with Crippen LogP contribution in [0.5, 0.6) is 11.8 Å². The van der Waals surface area contributed by atoms with Gasteiger partial charge in [0.1, 0.15) is 11.4 Å². The predicted octanol–water partition coefficient (Wildman–Crippen LogP) is 10.0. The Bertz CT molecular complexity index is 2660. The summed E-state index contributed by atoms with van der Waals surface area (Å²) in [7, 11) is 0. The van der Waals surface area contributed by atoms with Gasteiger partial charge in [0.15, 0.2) is 0 Å². The molecule has 2 heterocycles. The second-order valence-corrected chi connectivity index (χ2v) is 13.6. The predicted molar refractivity (Wildman–Crippen MR) is 232 cm³/mol. The third-order valence-electron chi connectivity index (χ3n) is 9.38. The minimum Gasteiger partial charge on any atom is -0.493 e. The number of hydrogen-bond acceptors (Lipinski definition) is 8. The summed E-state index contributed by atoms with van der Waals surface area (Å²) in [5.74, 6) is -2.28. The van der Waals surface area contributed by atoms with Crippen molar-refractivity contribution in [2.24, 2.45) is 9.98 Å². The van der Waals surface area contributed by atoms with Crippen molar-refractivity contribution in [2.75, 3.05) is 0 Å². The van der Waals surface area contributed by atoms with Crippen LogP contribution >= 0.6 is 0 Å². The van der Waals surface area contributed by atoms with Gasteiger partial charge in [-0.15, -0.1) is 0 Å². The van der Waals surface area contributed by atoms with Gasteiger partial charge in [0.2, 0.25) is 11.8 Å². The van der Waals surface area contributed by atoms with E-state index in [1.165, 1.54) is 33.9 Å². The summed E-state index contributed by atoms with van der Waals surface area (Å²) >= 11 is 0. The molecule has 12 nitrogen and oxygen atoms in total. The first-order chi connectivity index (χ1) is 29.1. The van der Waals surface area contributed by atoms with Crippen LogP contribution in [-0.4, -0.2) is 64.4 Å². The van der Waals surface area contributed by atoms with Gasteiger partial charge in [-0.25, -0.2) is 19.0 Å². The average Bonchev–Trinajstić information content (AvgIpc) is 3.78.